The van der Waals surface area contributed by atoms with E-state index >= 15 is 0 Å². The van der Waals surface area contributed by atoms with Crippen LogP contribution in [0.5, 0.6) is 11.5 Å². The maximum absolute atomic E-state index is 13.3. The lowest BCUT2D eigenvalue weighted by molar-refractivity contribution is 0.135. The summed E-state index contributed by atoms with van der Waals surface area (Å²) < 4.78 is 11.0. The van der Waals surface area contributed by atoms with Gasteiger partial charge in [0.1, 0.15) is 17.5 Å². The van der Waals surface area contributed by atoms with Crippen LogP contribution in [0.1, 0.15) is 22.9 Å². The summed E-state index contributed by atoms with van der Waals surface area (Å²) in [4.78, 5) is 18.5. The Balaban J connectivity index is 1.58. The van der Waals surface area contributed by atoms with Crippen molar-refractivity contribution in [3.05, 3.63) is 93.6 Å². The second-order valence-corrected chi connectivity index (χ2v) is 8.46. The molecular formula is C25H20Cl2N2O3. The van der Waals surface area contributed by atoms with Gasteiger partial charge in [-0.15, -0.1) is 0 Å². The van der Waals surface area contributed by atoms with Gasteiger partial charge in [0.2, 0.25) is 0 Å². The molecule has 162 valence electrons. The number of fused-ring (bicyclic) bond motifs is 3. The van der Waals surface area contributed by atoms with Crippen molar-refractivity contribution in [3.63, 3.8) is 0 Å². The van der Waals surface area contributed by atoms with Crippen molar-refractivity contribution in [1.82, 2.24) is 9.88 Å². The van der Waals surface area contributed by atoms with Crippen LogP contribution in [0.3, 0.4) is 0 Å². The first-order chi connectivity index (χ1) is 15.5. The second kappa shape index (κ2) is 8.41. The van der Waals surface area contributed by atoms with Crippen LogP contribution in [0.15, 0.2) is 66.7 Å². The Bertz CT molecular complexity index is 1280. The third-order valence-electron chi connectivity index (χ3n) is 5.78. The molecule has 1 unspecified atom stereocenters. The van der Waals surface area contributed by atoms with Crippen molar-refractivity contribution >= 4 is 40.2 Å². The molecule has 0 saturated carbocycles. The number of nitrogens with one attached hydrogen (secondary N) is 1. The second-order valence-electron chi connectivity index (χ2n) is 7.62. The van der Waals surface area contributed by atoms with E-state index in [0.717, 1.165) is 33.5 Å². The Labute approximate surface area is 195 Å². The van der Waals surface area contributed by atoms with Gasteiger partial charge in [-0.05, 0) is 66.1 Å². The Morgan fingerprint density at radius 2 is 1.72 bits per heavy atom. The monoisotopic (exact) mass is 466 g/mol. The van der Waals surface area contributed by atoms with Crippen molar-refractivity contribution in [2.45, 2.75) is 12.5 Å². The number of methoxy groups -OCH3 is 1. The highest BCUT2D eigenvalue weighted by Gasteiger charge is 2.36. The molecule has 1 aliphatic rings. The van der Waals surface area contributed by atoms with Gasteiger partial charge >= 0.3 is 6.09 Å². The number of rotatable bonds is 3. The number of nitrogens with zero attached hydrogens (tertiary/aromatic N) is 1. The van der Waals surface area contributed by atoms with Gasteiger partial charge in [-0.25, -0.2) is 4.79 Å². The number of halogens is 2. The molecule has 4 aromatic rings. The minimum absolute atomic E-state index is 0.354. The predicted octanol–water partition coefficient (Wildman–Crippen LogP) is 6.63. The summed E-state index contributed by atoms with van der Waals surface area (Å²) in [6.07, 6.45) is 0.241. The number of ether oxygens (including phenoxy) is 2. The lowest BCUT2D eigenvalue weighted by Crippen LogP contribution is -2.42. The standard InChI is InChI=1S/C25H20Cl2N2O3/c1-31-17-9-5-15(6-10-17)24-23-19(22-20(27)3-2-4-21(22)28-23)13-14-29(24)25(30)32-18-11-7-16(26)8-12-18/h2-12,24,28H,13-14H2,1H3. The highest BCUT2D eigenvalue weighted by atomic mass is 35.5. The van der Waals surface area contributed by atoms with E-state index in [-0.39, 0.29) is 6.04 Å². The summed E-state index contributed by atoms with van der Waals surface area (Å²) in [6.45, 7) is 0.494. The predicted molar refractivity (Wildman–Crippen MR) is 126 cm³/mol. The number of H-pyrrole nitrogens is 1. The van der Waals surface area contributed by atoms with E-state index in [1.807, 2.05) is 42.5 Å². The van der Waals surface area contributed by atoms with Crippen LogP contribution in [0.4, 0.5) is 4.79 Å². The SMILES string of the molecule is COc1ccc(C2c3[nH]c4cccc(Cl)c4c3CCN2C(=O)Oc2ccc(Cl)cc2)cc1. The van der Waals surface area contributed by atoms with E-state index in [4.69, 9.17) is 32.7 Å². The van der Waals surface area contributed by atoms with E-state index in [9.17, 15) is 4.79 Å². The molecule has 0 radical (unpaired) electrons. The maximum atomic E-state index is 13.3. The summed E-state index contributed by atoms with van der Waals surface area (Å²) in [7, 11) is 1.63. The molecule has 1 N–H and O–H groups in total. The number of carbonyl (C=O) groups excluding carboxylic acids is 1. The number of hydrogen-bond donors (Lipinski definition) is 1. The molecule has 1 aromatic heterocycles. The van der Waals surface area contributed by atoms with Crippen molar-refractivity contribution in [3.8, 4) is 11.5 Å². The molecule has 0 spiro atoms. The summed E-state index contributed by atoms with van der Waals surface area (Å²) in [5.41, 5.74) is 3.97. The minimum Gasteiger partial charge on any atom is -0.497 e. The van der Waals surface area contributed by atoms with Crippen LogP contribution >= 0.6 is 23.2 Å². The molecule has 5 nitrogen and oxygen atoms in total. The first-order valence-electron chi connectivity index (χ1n) is 10.2. The molecule has 0 saturated heterocycles. The van der Waals surface area contributed by atoms with E-state index in [1.165, 1.54) is 0 Å². The smallest absolute Gasteiger partial charge is 0.416 e. The molecule has 2 heterocycles. The highest BCUT2D eigenvalue weighted by molar-refractivity contribution is 6.35. The van der Waals surface area contributed by atoms with Crippen molar-refractivity contribution in [2.75, 3.05) is 13.7 Å². The molecule has 7 heteroatoms. The van der Waals surface area contributed by atoms with Crippen LogP contribution in [-0.2, 0) is 6.42 Å². The van der Waals surface area contributed by atoms with Crippen molar-refractivity contribution in [2.24, 2.45) is 0 Å². The average Bonchev–Trinajstić information content (AvgIpc) is 3.20. The number of amides is 1. The fourth-order valence-corrected chi connectivity index (χ4v) is 4.71. The molecule has 1 amide bonds. The fraction of sp³-hybridized carbons (Fsp3) is 0.160. The first kappa shape index (κ1) is 20.7. The summed E-state index contributed by atoms with van der Waals surface area (Å²) in [5, 5.41) is 2.29. The van der Waals surface area contributed by atoms with Crippen LogP contribution < -0.4 is 9.47 Å². The van der Waals surface area contributed by atoms with Gasteiger partial charge in [0.05, 0.1) is 12.1 Å². The normalized spacial score (nSPS) is 15.5. The van der Waals surface area contributed by atoms with E-state index < -0.39 is 6.09 Å². The first-order valence-corrected chi connectivity index (χ1v) is 11.0. The number of aromatic amines is 1. The molecule has 0 aliphatic carbocycles. The molecule has 0 fully saturated rings. The van der Waals surface area contributed by atoms with Gasteiger partial charge < -0.3 is 14.5 Å². The van der Waals surface area contributed by atoms with Crippen molar-refractivity contribution in [1.29, 1.82) is 0 Å². The lowest BCUT2D eigenvalue weighted by atomic mass is 9.92. The molecule has 1 atom stereocenters. The Hall–Kier alpha value is -3.15. The highest BCUT2D eigenvalue weighted by Crippen LogP contribution is 2.41. The van der Waals surface area contributed by atoms with Crippen molar-refractivity contribution < 1.29 is 14.3 Å². The molecular weight excluding hydrogens is 447 g/mol. The van der Waals surface area contributed by atoms with Crippen LogP contribution in [0.25, 0.3) is 10.9 Å². The minimum atomic E-state index is -0.427. The number of benzene rings is 3. The van der Waals surface area contributed by atoms with Gasteiger partial charge in [0.25, 0.3) is 0 Å². The average molecular weight is 467 g/mol. The quantitative estimate of drug-likeness (QED) is 0.368. The third-order valence-corrected chi connectivity index (χ3v) is 6.35. The largest absolute Gasteiger partial charge is 0.497 e. The molecule has 32 heavy (non-hydrogen) atoms. The zero-order valence-electron chi connectivity index (χ0n) is 17.3. The van der Waals surface area contributed by atoms with E-state index in [2.05, 4.69) is 4.98 Å². The number of hydrogen-bond acceptors (Lipinski definition) is 3. The topological polar surface area (TPSA) is 54.6 Å². The van der Waals surface area contributed by atoms with Crippen LogP contribution in [0.2, 0.25) is 10.0 Å². The van der Waals surface area contributed by atoms with Gasteiger partial charge in [-0.3, -0.25) is 4.90 Å². The summed E-state index contributed by atoms with van der Waals surface area (Å²) in [6, 6.07) is 19.9. The summed E-state index contributed by atoms with van der Waals surface area (Å²) in [5.74, 6) is 1.19. The third kappa shape index (κ3) is 3.68. The van der Waals surface area contributed by atoms with Crippen LogP contribution in [-0.4, -0.2) is 29.6 Å². The fourth-order valence-electron chi connectivity index (χ4n) is 4.29. The number of aromatic nitrogens is 1. The molecule has 3 aromatic carbocycles. The lowest BCUT2D eigenvalue weighted by Gasteiger charge is -2.35. The van der Waals surface area contributed by atoms with Crippen LogP contribution in [0, 0.1) is 0 Å². The van der Waals surface area contributed by atoms with E-state index in [0.29, 0.717) is 28.8 Å². The Morgan fingerprint density at radius 1 is 1.00 bits per heavy atom. The van der Waals surface area contributed by atoms with E-state index in [1.54, 1.807) is 36.3 Å². The van der Waals surface area contributed by atoms with Gasteiger partial charge in [-0.2, -0.15) is 0 Å². The van der Waals surface area contributed by atoms with Gasteiger partial charge in [0, 0.05) is 28.2 Å². The van der Waals surface area contributed by atoms with Gasteiger partial charge in [0.15, 0.2) is 0 Å². The number of carbonyl (C=O) groups is 1. The maximum Gasteiger partial charge on any atom is 0.416 e. The Morgan fingerprint density at radius 3 is 2.44 bits per heavy atom. The van der Waals surface area contributed by atoms with Gasteiger partial charge in [-0.1, -0.05) is 41.4 Å². The zero-order chi connectivity index (χ0) is 22.2. The molecule has 5 rings (SSSR count). The summed E-state index contributed by atoms with van der Waals surface area (Å²) >= 11 is 12.5. The Kier molecular flexibility index (Phi) is 5.45. The molecule has 1 aliphatic heterocycles. The zero-order valence-corrected chi connectivity index (χ0v) is 18.8. The molecule has 0 bridgehead atoms.